The van der Waals surface area contributed by atoms with Crippen LogP contribution in [0, 0.1) is 17.3 Å². The van der Waals surface area contributed by atoms with E-state index in [0.717, 1.165) is 54.5 Å². The summed E-state index contributed by atoms with van der Waals surface area (Å²) in [5.74, 6) is 0.700. The van der Waals surface area contributed by atoms with E-state index in [1.807, 2.05) is 0 Å². The van der Waals surface area contributed by atoms with Gasteiger partial charge in [0.15, 0.2) is 6.29 Å². The summed E-state index contributed by atoms with van der Waals surface area (Å²) in [5.41, 5.74) is 1.81. The molecule has 2 aliphatic heterocycles. The van der Waals surface area contributed by atoms with E-state index >= 15 is 0 Å². The molecule has 3 heterocycles. The molecule has 39 heavy (non-hydrogen) atoms. The van der Waals surface area contributed by atoms with Crippen LogP contribution in [-0.4, -0.2) is 73.2 Å². The minimum atomic E-state index is -3.72. The summed E-state index contributed by atoms with van der Waals surface area (Å²) < 4.78 is 47.5. The number of aliphatic imine (C=N–C) groups is 1. The zero-order chi connectivity index (χ0) is 26.6. The van der Waals surface area contributed by atoms with E-state index in [0.29, 0.717) is 37.1 Å². The maximum atomic E-state index is 13.8. The zero-order valence-corrected chi connectivity index (χ0v) is 23.4. The van der Waals surface area contributed by atoms with Gasteiger partial charge in [0.25, 0.3) is 0 Å². The number of nitrogens with zero attached hydrogens (tertiary/aromatic N) is 3. The fourth-order valence-corrected chi connectivity index (χ4v) is 9.22. The maximum Gasteiger partial charge on any atom is 0.407 e. The summed E-state index contributed by atoms with van der Waals surface area (Å²) in [6.45, 7) is 3.23. The Morgan fingerprint density at radius 3 is 2.95 bits per heavy atom. The van der Waals surface area contributed by atoms with Crippen LogP contribution < -0.4 is 5.32 Å². The van der Waals surface area contributed by atoms with Crippen molar-refractivity contribution in [1.82, 2.24) is 14.6 Å². The molecular weight excluding hydrogens is 540 g/mol. The Hall–Kier alpha value is -2.12. The molecule has 8 rings (SSSR count). The number of ether oxygens (including phenoxy) is 3. The normalized spacial score (nSPS) is 34.4. The van der Waals surface area contributed by atoms with Crippen molar-refractivity contribution in [2.75, 3.05) is 19.6 Å². The quantitative estimate of drug-likeness (QED) is 0.428. The van der Waals surface area contributed by atoms with E-state index in [1.165, 1.54) is 11.3 Å². The summed E-state index contributed by atoms with van der Waals surface area (Å²) in [6.07, 6.45) is 5.45. The summed E-state index contributed by atoms with van der Waals surface area (Å²) in [6, 6.07) is 5.13. The number of hydrogen-bond acceptors (Lipinski definition) is 9. The van der Waals surface area contributed by atoms with Gasteiger partial charge in [0, 0.05) is 37.2 Å². The first-order valence-corrected chi connectivity index (χ1v) is 16.2. The van der Waals surface area contributed by atoms with Gasteiger partial charge in [0.1, 0.15) is 6.10 Å². The first kappa shape index (κ1) is 24.7. The second-order valence-electron chi connectivity index (χ2n) is 12.4. The summed E-state index contributed by atoms with van der Waals surface area (Å²) >= 11 is 1.42. The van der Waals surface area contributed by atoms with Crippen LogP contribution in [0.15, 0.2) is 28.1 Å². The molecule has 6 atom stereocenters. The highest BCUT2D eigenvalue weighted by Crippen LogP contribution is 2.71. The van der Waals surface area contributed by atoms with Crippen molar-refractivity contribution >= 4 is 48.5 Å². The monoisotopic (exact) mass is 572 g/mol. The molecule has 6 fully saturated rings. The Morgan fingerprint density at radius 1 is 1.31 bits per heavy atom. The van der Waals surface area contributed by atoms with Gasteiger partial charge in [-0.3, -0.25) is 0 Å². The van der Waals surface area contributed by atoms with Crippen molar-refractivity contribution in [2.45, 2.75) is 80.9 Å². The fourth-order valence-electron chi connectivity index (χ4n) is 6.57. The second-order valence-corrected chi connectivity index (χ2v) is 15.3. The molecule has 1 amide bonds. The molecule has 4 aliphatic carbocycles. The Balaban J connectivity index is 0.908. The Kier molecular flexibility index (Phi) is 5.34. The number of benzene rings is 1. The predicted molar refractivity (Wildman–Crippen MR) is 144 cm³/mol. The smallest absolute Gasteiger partial charge is 0.407 e. The molecule has 2 aromatic rings. The molecule has 6 unspecified atom stereocenters. The van der Waals surface area contributed by atoms with Crippen LogP contribution in [0.5, 0.6) is 0 Å². The standard InChI is InChI=1S/C27H32N4O6S2/c1-26(7-8-26)14-31(39(33,34)16-5-6-19-21(11-16)38-24(30-19)29-15-3-4-15)10-2-9-28-25(32)36-22-18-13-27(18)17-12-20(22)35-23(17)37-27/h5-6,11,17-18,20,22-23H,2-4,7-10,12-14H2,1H3,(H,28,32). The van der Waals surface area contributed by atoms with Gasteiger partial charge in [0.2, 0.25) is 15.2 Å². The molecule has 1 aromatic carbocycles. The van der Waals surface area contributed by atoms with E-state index in [2.05, 4.69) is 22.2 Å². The first-order valence-electron chi connectivity index (χ1n) is 14.0. The minimum Gasteiger partial charge on any atom is -0.443 e. The van der Waals surface area contributed by atoms with Crippen molar-refractivity contribution in [3.05, 3.63) is 18.2 Å². The number of rotatable bonds is 10. The van der Waals surface area contributed by atoms with Crippen LogP contribution in [0.25, 0.3) is 10.2 Å². The van der Waals surface area contributed by atoms with Gasteiger partial charge in [-0.2, -0.15) is 4.31 Å². The van der Waals surface area contributed by atoms with Crippen molar-refractivity contribution in [3.63, 3.8) is 0 Å². The third kappa shape index (κ3) is 4.21. The summed E-state index contributed by atoms with van der Waals surface area (Å²) in [4.78, 5) is 21.9. The lowest BCUT2D eigenvalue weighted by Crippen LogP contribution is -2.52. The first-order chi connectivity index (χ1) is 18.7. The molecule has 1 N–H and O–H groups in total. The maximum absolute atomic E-state index is 13.8. The molecule has 208 valence electrons. The number of carbonyl (C=O) groups excluding carboxylic acids is 1. The molecule has 1 spiro atoms. The number of carbonyl (C=O) groups is 1. The van der Waals surface area contributed by atoms with E-state index < -0.39 is 16.1 Å². The SMILES string of the molecule is CC1(CN(CCCNC(=O)OC2C3CC4C(O3)OC43CC23)S(=O)(=O)c2ccc3nc(N=C4CC4)sc3c2)CC1. The zero-order valence-electron chi connectivity index (χ0n) is 21.8. The van der Waals surface area contributed by atoms with Crippen LogP contribution in [0.1, 0.15) is 51.9 Å². The number of nitrogens with one attached hydrogen (secondary N) is 1. The van der Waals surface area contributed by atoms with Gasteiger partial charge in [-0.15, -0.1) is 0 Å². The van der Waals surface area contributed by atoms with Crippen LogP contribution in [0.2, 0.25) is 0 Å². The van der Waals surface area contributed by atoms with Gasteiger partial charge in [-0.05, 0) is 68.6 Å². The molecule has 0 radical (unpaired) electrons. The van der Waals surface area contributed by atoms with Crippen molar-refractivity contribution in [1.29, 1.82) is 0 Å². The molecular formula is C27H32N4O6S2. The number of sulfonamides is 1. The van der Waals surface area contributed by atoms with E-state index in [4.69, 9.17) is 14.2 Å². The molecule has 12 heteroatoms. The molecule has 2 bridgehead atoms. The van der Waals surface area contributed by atoms with E-state index in [-0.39, 0.29) is 40.3 Å². The van der Waals surface area contributed by atoms with Gasteiger partial charge < -0.3 is 19.5 Å². The molecule has 6 aliphatic rings. The van der Waals surface area contributed by atoms with Gasteiger partial charge in [-0.1, -0.05) is 18.3 Å². The van der Waals surface area contributed by atoms with Crippen LogP contribution in [-0.2, 0) is 24.2 Å². The van der Waals surface area contributed by atoms with Gasteiger partial charge in [-0.25, -0.2) is 23.2 Å². The lowest BCUT2D eigenvalue weighted by atomic mass is 9.81. The second kappa shape index (κ2) is 8.45. The average molecular weight is 573 g/mol. The highest BCUT2D eigenvalue weighted by Gasteiger charge is 2.80. The van der Waals surface area contributed by atoms with Gasteiger partial charge >= 0.3 is 6.09 Å². The number of aromatic nitrogens is 1. The molecule has 4 saturated carbocycles. The minimum absolute atomic E-state index is 0.00460. The highest BCUT2D eigenvalue weighted by molar-refractivity contribution is 7.89. The predicted octanol–water partition coefficient (Wildman–Crippen LogP) is 3.97. The van der Waals surface area contributed by atoms with Gasteiger partial charge in [0.05, 0.1) is 26.8 Å². The lowest BCUT2D eigenvalue weighted by Gasteiger charge is -2.41. The van der Waals surface area contributed by atoms with Crippen molar-refractivity contribution in [2.24, 2.45) is 22.2 Å². The number of hydrogen-bond donors (Lipinski definition) is 1. The lowest BCUT2D eigenvalue weighted by molar-refractivity contribution is -0.279. The van der Waals surface area contributed by atoms with Crippen LogP contribution >= 0.6 is 11.3 Å². The summed E-state index contributed by atoms with van der Waals surface area (Å²) in [5, 5.41) is 3.51. The fraction of sp³-hybridized carbons (Fsp3) is 0.667. The number of amides is 1. The van der Waals surface area contributed by atoms with Crippen LogP contribution in [0.3, 0.4) is 0 Å². The number of fused-ring (bicyclic) bond motifs is 2. The van der Waals surface area contributed by atoms with Crippen molar-refractivity contribution < 1.29 is 27.4 Å². The Bertz CT molecular complexity index is 1490. The number of alkyl carbamates (subject to hydrolysis) is 1. The molecule has 2 saturated heterocycles. The third-order valence-corrected chi connectivity index (χ3v) is 12.1. The Labute approximate surface area is 231 Å². The Morgan fingerprint density at radius 2 is 2.15 bits per heavy atom. The summed E-state index contributed by atoms with van der Waals surface area (Å²) in [7, 11) is -3.72. The number of thiazole rings is 1. The third-order valence-electron chi connectivity index (χ3n) is 9.33. The molecule has 10 nitrogen and oxygen atoms in total. The van der Waals surface area contributed by atoms with E-state index in [1.54, 1.807) is 22.5 Å². The average Bonchev–Trinajstić information content (AvgIpc) is 3.83. The van der Waals surface area contributed by atoms with Crippen molar-refractivity contribution in [3.8, 4) is 0 Å². The highest BCUT2D eigenvalue weighted by atomic mass is 32.2. The largest absolute Gasteiger partial charge is 0.443 e. The topological polar surface area (TPSA) is 119 Å². The van der Waals surface area contributed by atoms with Crippen LogP contribution in [0.4, 0.5) is 9.93 Å². The van der Waals surface area contributed by atoms with E-state index in [9.17, 15) is 13.2 Å². The molecule has 1 aromatic heterocycles.